The summed E-state index contributed by atoms with van der Waals surface area (Å²) in [6, 6.07) is 9.50. The maximum atomic E-state index is 11.6. The van der Waals surface area contributed by atoms with Gasteiger partial charge in [-0.3, -0.25) is 4.98 Å². The Morgan fingerprint density at radius 1 is 1.16 bits per heavy atom. The van der Waals surface area contributed by atoms with E-state index in [1.807, 2.05) is 12.1 Å². The van der Waals surface area contributed by atoms with Crippen LogP contribution in [0, 0.1) is 5.92 Å². The predicted molar refractivity (Wildman–Crippen MR) is 96.5 cm³/mol. The number of hydrogen-bond acceptors (Lipinski definition) is 5. The summed E-state index contributed by atoms with van der Waals surface area (Å²) < 4.78 is 29.3. The number of fused-ring (bicyclic) bond motifs is 1. The highest BCUT2D eigenvalue weighted by Crippen LogP contribution is 2.36. The molecule has 0 saturated carbocycles. The lowest BCUT2D eigenvalue weighted by Crippen LogP contribution is -2.36. The van der Waals surface area contributed by atoms with Crippen molar-refractivity contribution < 1.29 is 13.2 Å². The van der Waals surface area contributed by atoms with Crippen LogP contribution in [0.3, 0.4) is 0 Å². The summed E-state index contributed by atoms with van der Waals surface area (Å²) in [6.07, 6.45) is 6.16. The standard InChI is InChI=1S/C19H22N2O3S/c1-25(22,23)16-3-4-17(21-12-16)14-2-5-18-15(10-14)11-19(24-18)13-6-8-20-9-7-13/h2-5,10,12-13,19-20H,6-9,11H2,1H3. The minimum atomic E-state index is -3.22. The summed E-state index contributed by atoms with van der Waals surface area (Å²) in [5.74, 6) is 1.59. The molecule has 1 N–H and O–H groups in total. The van der Waals surface area contributed by atoms with Crippen LogP contribution < -0.4 is 10.1 Å². The van der Waals surface area contributed by atoms with Gasteiger partial charge < -0.3 is 10.1 Å². The molecule has 2 aliphatic rings. The fourth-order valence-corrected chi connectivity index (χ4v) is 4.24. The van der Waals surface area contributed by atoms with E-state index in [0.29, 0.717) is 5.92 Å². The van der Waals surface area contributed by atoms with Gasteiger partial charge in [0, 0.05) is 24.4 Å². The zero-order valence-corrected chi connectivity index (χ0v) is 15.1. The monoisotopic (exact) mass is 358 g/mol. The van der Waals surface area contributed by atoms with E-state index in [1.165, 1.54) is 30.9 Å². The molecular formula is C19H22N2O3S. The second-order valence-electron chi connectivity index (χ2n) is 6.92. The average molecular weight is 358 g/mol. The Hall–Kier alpha value is -1.92. The summed E-state index contributed by atoms with van der Waals surface area (Å²) in [7, 11) is -3.22. The summed E-state index contributed by atoms with van der Waals surface area (Å²) in [5, 5.41) is 3.40. The van der Waals surface area contributed by atoms with Gasteiger partial charge in [-0.15, -0.1) is 0 Å². The zero-order valence-electron chi connectivity index (χ0n) is 14.2. The van der Waals surface area contributed by atoms with E-state index in [-0.39, 0.29) is 11.0 Å². The molecule has 1 unspecified atom stereocenters. The Kier molecular flexibility index (Phi) is 4.25. The van der Waals surface area contributed by atoms with Gasteiger partial charge in [-0.25, -0.2) is 8.42 Å². The maximum Gasteiger partial charge on any atom is 0.177 e. The molecule has 0 aliphatic carbocycles. The van der Waals surface area contributed by atoms with Gasteiger partial charge in [0.1, 0.15) is 11.9 Å². The van der Waals surface area contributed by atoms with E-state index in [2.05, 4.69) is 16.4 Å². The molecule has 1 aromatic heterocycles. The number of hydrogen-bond donors (Lipinski definition) is 1. The minimum Gasteiger partial charge on any atom is -0.490 e. The number of sulfone groups is 1. The van der Waals surface area contributed by atoms with Crippen LogP contribution in [0.2, 0.25) is 0 Å². The molecule has 4 rings (SSSR count). The molecule has 6 heteroatoms. The third-order valence-electron chi connectivity index (χ3n) is 5.13. The minimum absolute atomic E-state index is 0.242. The number of aromatic nitrogens is 1. The fourth-order valence-electron chi connectivity index (χ4n) is 3.68. The van der Waals surface area contributed by atoms with E-state index < -0.39 is 9.84 Å². The van der Waals surface area contributed by atoms with Crippen LogP contribution in [0.5, 0.6) is 5.75 Å². The molecule has 2 aromatic rings. The lowest BCUT2D eigenvalue weighted by Gasteiger charge is -2.27. The van der Waals surface area contributed by atoms with Gasteiger partial charge in [-0.2, -0.15) is 0 Å². The molecule has 0 bridgehead atoms. The van der Waals surface area contributed by atoms with Crippen LogP contribution in [0.1, 0.15) is 18.4 Å². The lowest BCUT2D eigenvalue weighted by molar-refractivity contribution is 0.134. The molecule has 1 atom stereocenters. The lowest BCUT2D eigenvalue weighted by atomic mass is 9.89. The molecule has 25 heavy (non-hydrogen) atoms. The van der Waals surface area contributed by atoms with Gasteiger partial charge in [0.15, 0.2) is 9.84 Å². The molecule has 2 aliphatic heterocycles. The summed E-state index contributed by atoms with van der Waals surface area (Å²) in [4.78, 5) is 4.56. The van der Waals surface area contributed by atoms with Gasteiger partial charge in [0.05, 0.1) is 10.6 Å². The first-order chi connectivity index (χ1) is 12.0. The van der Waals surface area contributed by atoms with Crippen molar-refractivity contribution in [3.8, 4) is 17.0 Å². The second kappa shape index (κ2) is 6.42. The van der Waals surface area contributed by atoms with Gasteiger partial charge in [-0.05, 0) is 67.7 Å². The van der Waals surface area contributed by atoms with Crippen molar-refractivity contribution in [3.05, 3.63) is 42.1 Å². The number of pyridine rings is 1. The highest BCUT2D eigenvalue weighted by atomic mass is 32.2. The Morgan fingerprint density at radius 2 is 1.96 bits per heavy atom. The van der Waals surface area contributed by atoms with Crippen LogP contribution in [0.25, 0.3) is 11.3 Å². The normalized spacial score (nSPS) is 20.9. The van der Waals surface area contributed by atoms with Crippen molar-refractivity contribution >= 4 is 9.84 Å². The van der Waals surface area contributed by atoms with Gasteiger partial charge >= 0.3 is 0 Å². The van der Waals surface area contributed by atoms with Crippen molar-refractivity contribution in [2.75, 3.05) is 19.3 Å². The molecule has 1 fully saturated rings. The summed E-state index contributed by atoms with van der Waals surface area (Å²) in [6.45, 7) is 2.14. The van der Waals surface area contributed by atoms with Crippen LogP contribution >= 0.6 is 0 Å². The quantitative estimate of drug-likeness (QED) is 0.913. The Morgan fingerprint density at radius 3 is 2.64 bits per heavy atom. The molecule has 0 amide bonds. The molecule has 0 radical (unpaired) electrons. The van der Waals surface area contributed by atoms with Gasteiger partial charge in [-0.1, -0.05) is 0 Å². The highest BCUT2D eigenvalue weighted by Gasteiger charge is 2.31. The molecule has 5 nitrogen and oxygen atoms in total. The molecule has 132 valence electrons. The average Bonchev–Trinajstić information content (AvgIpc) is 3.05. The van der Waals surface area contributed by atoms with E-state index >= 15 is 0 Å². The van der Waals surface area contributed by atoms with Gasteiger partial charge in [0.25, 0.3) is 0 Å². The predicted octanol–water partition coefficient (Wildman–Crippen LogP) is 2.46. The first-order valence-corrected chi connectivity index (χ1v) is 10.6. The summed E-state index contributed by atoms with van der Waals surface area (Å²) >= 11 is 0. The molecule has 0 spiro atoms. The van der Waals surface area contributed by atoms with Crippen molar-refractivity contribution in [2.45, 2.75) is 30.3 Å². The van der Waals surface area contributed by atoms with Crippen LogP contribution in [0.15, 0.2) is 41.4 Å². The molecular weight excluding hydrogens is 336 g/mol. The van der Waals surface area contributed by atoms with Crippen LogP contribution in [-0.2, 0) is 16.3 Å². The Labute approximate surface area is 148 Å². The third kappa shape index (κ3) is 3.41. The van der Waals surface area contributed by atoms with E-state index in [9.17, 15) is 8.42 Å². The first kappa shape index (κ1) is 16.5. The largest absolute Gasteiger partial charge is 0.490 e. The Bertz CT molecular complexity index is 872. The number of nitrogens with zero attached hydrogens (tertiary/aromatic N) is 1. The molecule has 1 saturated heterocycles. The van der Waals surface area contributed by atoms with Crippen LogP contribution in [0.4, 0.5) is 0 Å². The number of rotatable bonds is 3. The topological polar surface area (TPSA) is 68.3 Å². The number of benzene rings is 1. The highest BCUT2D eigenvalue weighted by molar-refractivity contribution is 7.90. The first-order valence-electron chi connectivity index (χ1n) is 8.67. The number of piperidine rings is 1. The smallest absolute Gasteiger partial charge is 0.177 e. The number of nitrogens with one attached hydrogen (secondary N) is 1. The van der Waals surface area contributed by atoms with Crippen molar-refractivity contribution in [1.82, 2.24) is 10.3 Å². The second-order valence-corrected chi connectivity index (χ2v) is 8.94. The van der Waals surface area contributed by atoms with Crippen molar-refractivity contribution in [3.63, 3.8) is 0 Å². The van der Waals surface area contributed by atoms with Gasteiger partial charge in [0.2, 0.25) is 0 Å². The fraction of sp³-hybridized carbons (Fsp3) is 0.421. The molecule has 1 aromatic carbocycles. The van der Waals surface area contributed by atoms with Crippen molar-refractivity contribution in [1.29, 1.82) is 0 Å². The maximum absolute atomic E-state index is 11.6. The third-order valence-corrected chi connectivity index (χ3v) is 6.23. The zero-order chi connectivity index (χ0) is 17.4. The van der Waals surface area contributed by atoms with Crippen LogP contribution in [-0.4, -0.2) is 38.9 Å². The molecule has 3 heterocycles. The number of ether oxygens (including phenoxy) is 1. The van der Waals surface area contributed by atoms with E-state index in [1.54, 1.807) is 12.1 Å². The van der Waals surface area contributed by atoms with E-state index in [4.69, 9.17) is 4.74 Å². The summed E-state index contributed by atoms with van der Waals surface area (Å²) in [5.41, 5.74) is 2.99. The SMILES string of the molecule is CS(=O)(=O)c1ccc(-c2ccc3c(c2)CC(C2CCNCC2)O3)nc1. The van der Waals surface area contributed by atoms with E-state index in [0.717, 1.165) is 36.5 Å². The Balaban J connectivity index is 1.55. The van der Waals surface area contributed by atoms with Crippen molar-refractivity contribution in [2.24, 2.45) is 5.92 Å².